The molecule has 2 N–H and O–H groups in total. The molecule has 0 saturated carbocycles. The number of nitrogens with one attached hydrogen (secondary N) is 2. The molecule has 0 radical (unpaired) electrons. The third-order valence-electron chi connectivity index (χ3n) is 4.58. The van der Waals surface area contributed by atoms with Crippen LogP contribution in [-0.4, -0.2) is 43.6 Å². The van der Waals surface area contributed by atoms with Gasteiger partial charge in [-0.05, 0) is 37.3 Å². The Kier molecular flexibility index (Phi) is 23.0. The number of benzene rings is 1. The van der Waals surface area contributed by atoms with Crippen LogP contribution in [0.1, 0.15) is 85.6 Å². The lowest BCUT2D eigenvalue weighted by Gasteiger charge is -2.17. The summed E-state index contributed by atoms with van der Waals surface area (Å²) in [7, 11) is 1.76. The largest absolute Gasteiger partial charge is 0.463 e. The number of hydrogen-bond donors (Lipinski definition) is 2. The van der Waals surface area contributed by atoms with Crippen LogP contribution in [0.3, 0.4) is 0 Å². The van der Waals surface area contributed by atoms with E-state index in [1.54, 1.807) is 7.05 Å². The van der Waals surface area contributed by atoms with E-state index in [1.807, 2.05) is 37.3 Å². The number of rotatable bonds is 15. The van der Waals surface area contributed by atoms with Gasteiger partial charge >= 0.3 is 0 Å². The molecule has 1 aromatic carbocycles. The number of amides is 1. The van der Waals surface area contributed by atoms with E-state index in [1.165, 1.54) is 0 Å². The van der Waals surface area contributed by atoms with Gasteiger partial charge in [0, 0.05) is 12.8 Å². The highest BCUT2D eigenvalue weighted by Crippen LogP contribution is 2.08. The maximum Gasteiger partial charge on any atom is 0.293 e. The molecule has 35 heavy (non-hydrogen) atoms. The Hall–Kier alpha value is -2.54. The highest BCUT2D eigenvalue weighted by Gasteiger charge is 2.19. The fourth-order valence-electron chi connectivity index (χ4n) is 2.87. The maximum absolute atomic E-state index is 12.0. The van der Waals surface area contributed by atoms with Gasteiger partial charge in [0.15, 0.2) is 0 Å². The Labute approximate surface area is 212 Å². The van der Waals surface area contributed by atoms with Gasteiger partial charge in [-0.15, -0.1) is 0 Å². The third-order valence-corrected chi connectivity index (χ3v) is 4.58. The molecule has 0 aromatic heterocycles. The van der Waals surface area contributed by atoms with E-state index >= 15 is 0 Å². The predicted octanol–water partition coefficient (Wildman–Crippen LogP) is 4.87. The zero-order valence-electron chi connectivity index (χ0n) is 22.8. The van der Waals surface area contributed by atoms with Crippen molar-refractivity contribution in [2.24, 2.45) is 11.8 Å². The van der Waals surface area contributed by atoms with Crippen molar-refractivity contribution in [2.75, 3.05) is 7.05 Å². The van der Waals surface area contributed by atoms with Crippen LogP contribution >= 0.6 is 0 Å². The molecule has 0 bridgehead atoms. The smallest absolute Gasteiger partial charge is 0.293 e. The summed E-state index contributed by atoms with van der Waals surface area (Å²) in [4.78, 5) is 44.4. The van der Waals surface area contributed by atoms with Gasteiger partial charge in [-0.3, -0.25) is 14.4 Å². The van der Waals surface area contributed by atoms with Crippen LogP contribution in [0.5, 0.6) is 0 Å². The minimum absolute atomic E-state index is 0.0533. The van der Waals surface area contributed by atoms with Crippen molar-refractivity contribution in [3.05, 3.63) is 35.9 Å². The van der Waals surface area contributed by atoms with Crippen molar-refractivity contribution in [2.45, 2.75) is 98.8 Å². The van der Waals surface area contributed by atoms with E-state index < -0.39 is 6.04 Å². The molecule has 0 heterocycles. The van der Waals surface area contributed by atoms with Crippen LogP contribution in [0.4, 0.5) is 0 Å². The quantitative estimate of drug-likeness (QED) is 0.339. The highest BCUT2D eigenvalue weighted by atomic mass is 16.5. The summed E-state index contributed by atoms with van der Waals surface area (Å²) in [6.07, 6.45) is 4.44. The Morgan fingerprint density at radius 3 is 2.06 bits per heavy atom. The predicted molar refractivity (Wildman–Crippen MR) is 142 cm³/mol. The molecular weight excluding hydrogens is 444 g/mol. The minimum atomic E-state index is -0.427. The SMILES string of the molecule is CC(C)C.CCCC[C@@H](C=O)NC(=O)CCC(=O)[C@H](CC(C)C)NC.O=COCc1ccccc1. The van der Waals surface area contributed by atoms with Crippen molar-refractivity contribution >= 4 is 24.4 Å². The molecule has 1 rings (SSSR count). The summed E-state index contributed by atoms with van der Waals surface area (Å²) in [6, 6.07) is 8.92. The Bertz CT molecular complexity index is 674. The second-order valence-corrected chi connectivity index (χ2v) is 9.51. The number of ether oxygens (including phenoxy) is 1. The van der Waals surface area contributed by atoms with Crippen molar-refractivity contribution in [1.29, 1.82) is 0 Å². The minimum Gasteiger partial charge on any atom is -0.463 e. The van der Waals surface area contributed by atoms with E-state index in [0.29, 0.717) is 25.4 Å². The van der Waals surface area contributed by atoms with Crippen LogP contribution in [-0.2, 0) is 30.5 Å². The number of likely N-dealkylation sites (N-methyl/N-ethyl adjacent to an activating group) is 1. The first-order valence-corrected chi connectivity index (χ1v) is 12.6. The normalized spacial score (nSPS) is 11.8. The fraction of sp³-hybridized carbons (Fsp3) is 0.643. The average Bonchev–Trinajstić information content (AvgIpc) is 2.82. The van der Waals surface area contributed by atoms with Crippen LogP contribution in [0.25, 0.3) is 0 Å². The van der Waals surface area contributed by atoms with Gasteiger partial charge in [0.2, 0.25) is 5.91 Å². The average molecular weight is 493 g/mol. The van der Waals surface area contributed by atoms with Gasteiger partial charge in [-0.2, -0.15) is 0 Å². The second kappa shape index (κ2) is 23.2. The molecule has 0 saturated heterocycles. The molecule has 7 nitrogen and oxygen atoms in total. The first-order chi connectivity index (χ1) is 16.6. The van der Waals surface area contributed by atoms with E-state index in [4.69, 9.17) is 0 Å². The van der Waals surface area contributed by atoms with E-state index in [9.17, 15) is 19.2 Å². The van der Waals surface area contributed by atoms with Gasteiger partial charge < -0.3 is 20.2 Å². The van der Waals surface area contributed by atoms with E-state index in [-0.39, 0.29) is 30.6 Å². The van der Waals surface area contributed by atoms with Gasteiger partial charge in [-0.1, -0.05) is 84.7 Å². The molecule has 1 amide bonds. The summed E-state index contributed by atoms with van der Waals surface area (Å²) in [5, 5.41) is 5.67. The maximum atomic E-state index is 12.0. The number of ketones is 1. The fourth-order valence-corrected chi connectivity index (χ4v) is 2.87. The molecule has 2 atom stereocenters. The third kappa shape index (κ3) is 23.0. The number of carbonyl (C=O) groups excluding carboxylic acids is 4. The summed E-state index contributed by atoms with van der Waals surface area (Å²) in [6.45, 7) is 13.5. The van der Waals surface area contributed by atoms with Crippen molar-refractivity contribution in [3.8, 4) is 0 Å². The Morgan fingerprint density at radius 1 is 1.00 bits per heavy atom. The van der Waals surface area contributed by atoms with Crippen LogP contribution in [0, 0.1) is 11.8 Å². The summed E-state index contributed by atoms with van der Waals surface area (Å²) in [5.41, 5.74) is 1.01. The lowest BCUT2D eigenvalue weighted by atomic mass is 9.98. The number of Topliss-reactive ketones (excluding diaryl/α,β-unsaturated/α-hetero) is 1. The van der Waals surface area contributed by atoms with Gasteiger partial charge in [0.25, 0.3) is 6.47 Å². The molecule has 200 valence electrons. The second-order valence-electron chi connectivity index (χ2n) is 9.51. The molecule has 0 fully saturated rings. The van der Waals surface area contributed by atoms with Crippen molar-refractivity contribution in [1.82, 2.24) is 10.6 Å². The molecule has 0 spiro atoms. The highest BCUT2D eigenvalue weighted by molar-refractivity contribution is 5.89. The van der Waals surface area contributed by atoms with Gasteiger partial charge in [0.05, 0.1) is 12.1 Å². The first-order valence-electron chi connectivity index (χ1n) is 12.6. The first kappa shape index (κ1) is 34.6. The number of hydrogen-bond acceptors (Lipinski definition) is 6. The topological polar surface area (TPSA) is 102 Å². The molecule has 0 aliphatic heterocycles. The molecule has 0 aliphatic rings. The lowest BCUT2D eigenvalue weighted by Crippen LogP contribution is -2.38. The summed E-state index contributed by atoms with van der Waals surface area (Å²) in [5.74, 6) is 1.09. The molecule has 1 aromatic rings. The number of carbonyl (C=O) groups is 4. The van der Waals surface area contributed by atoms with Crippen LogP contribution < -0.4 is 10.6 Å². The lowest BCUT2D eigenvalue weighted by molar-refractivity contribution is -0.129. The van der Waals surface area contributed by atoms with Crippen molar-refractivity contribution < 1.29 is 23.9 Å². The summed E-state index contributed by atoms with van der Waals surface area (Å²) < 4.78 is 4.54. The van der Waals surface area contributed by atoms with Crippen molar-refractivity contribution in [3.63, 3.8) is 0 Å². The number of aldehydes is 1. The van der Waals surface area contributed by atoms with Gasteiger partial charge in [-0.25, -0.2) is 0 Å². The Balaban J connectivity index is 0. The van der Waals surface area contributed by atoms with Crippen LogP contribution in [0.15, 0.2) is 30.3 Å². The standard InChI is InChI=1S/C16H30N2O3.C8H8O2.C4H10/c1-5-6-7-13(11-19)18-16(21)9-8-15(20)14(17-4)10-12(2)3;9-7-10-6-8-4-2-1-3-5-8;1-4(2)3/h11-14,17H,5-10H2,1-4H3,(H,18,21);1-5,7H,6H2;4H,1-3H3/t13-,14-;;/m0../s1. The molecule has 0 unspecified atom stereocenters. The Morgan fingerprint density at radius 2 is 1.60 bits per heavy atom. The summed E-state index contributed by atoms with van der Waals surface area (Å²) >= 11 is 0. The van der Waals surface area contributed by atoms with E-state index in [0.717, 1.165) is 37.0 Å². The molecule has 0 aliphatic carbocycles. The number of unbranched alkanes of at least 4 members (excludes halogenated alkanes) is 1. The molecule has 7 heteroatoms. The van der Waals surface area contributed by atoms with E-state index in [2.05, 4.69) is 50.0 Å². The monoisotopic (exact) mass is 492 g/mol. The zero-order valence-corrected chi connectivity index (χ0v) is 22.8. The zero-order chi connectivity index (χ0) is 27.1. The van der Waals surface area contributed by atoms with Crippen LogP contribution in [0.2, 0.25) is 0 Å². The van der Waals surface area contributed by atoms with Gasteiger partial charge in [0.1, 0.15) is 18.7 Å². The molecular formula is C28H48N2O5.